The Balaban J connectivity index is 1.91. The quantitative estimate of drug-likeness (QED) is 0.533. The third kappa shape index (κ3) is 5.00. The molecule has 3 N–H and O–H groups in total. The first-order valence-corrected chi connectivity index (χ1v) is 10.7. The third-order valence-electron chi connectivity index (χ3n) is 6.08. The van der Waals surface area contributed by atoms with Gasteiger partial charge in [0.2, 0.25) is 12.4 Å². The number of hydrogen-bond donors (Lipinski definition) is 3. The molecule has 1 unspecified atom stereocenters. The summed E-state index contributed by atoms with van der Waals surface area (Å²) >= 11 is 0. The molecule has 156 valence electrons. The Morgan fingerprint density at radius 3 is 2.71 bits per heavy atom. The number of amides is 1. The summed E-state index contributed by atoms with van der Waals surface area (Å²) in [5, 5.41) is 16.8. The summed E-state index contributed by atoms with van der Waals surface area (Å²) in [7, 11) is 0. The Morgan fingerprint density at radius 2 is 2.14 bits per heavy atom. The standard InChI is InChI=1S/C21H35N5O2/c1-4-5-17(12-15(2)28)26(14-27)19-18(21(3)8-9-21)13-23-20(25-19)24-16-6-10-22-11-7-16/h13-17,22,28H,4-12H2,1-3H3,(H,23,24,25)/t15-,17?/m1/s1. The average molecular weight is 390 g/mol. The SMILES string of the molecule is CCCC(C[C@@H](C)O)N(C=O)c1nc(NC2CCNCC2)ncc1C1(C)CC1. The summed E-state index contributed by atoms with van der Waals surface area (Å²) in [6.45, 7) is 8.08. The van der Waals surface area contributed by atoms with E-state index in [1.54, 1.807) is 11.8 Å². The van der Waals surface area contributed by atoms with Crippen molar-refractivity contribution in [2.24, 2.45) is 0 Å². The minimum Gasteiger partial charge on any atom is -0.393 e. The summed E-state index contributed by atoms with van der Waals surface area (Å²) in [6.07, 6.45) is 8.90. The van der Waals surface area contributed by atoms with Gasteiger partial charge in [0, 0.05) is 23.8 Å². The van der Waals surface area contributed by atoms with Crippen LogP contribution in [0.5, 0.6) is 0 Å². The molecular formula is C21H35N5O2. The molecule has 7 heteroatoms. The van der Waals surface area contributed by atoms with E-state index < -0.39 is 6.10 Å². The van der Waals surface area contributed by atoms with Crippen LogP contribution in [0.15, 0.2) is 6.20 Å². The van der Waals surface area contributed by atoms with E-state index in [1.807, 2.05) is 6.20 Å². The number of piperidine rings is 1. The van der Waals surface area contributed by atoms with Gasteiger partial charge < -0.3 is 15.7 Å². The Hall–Kier alpha value is -1.73. The zero-order valence-corrected chi connectivity index (χ0v) is 17.4. The van der Waals surface area contributed by atoms with Crippen molar-refractivity contribution in [1.29, 1.82) is 0 Å². The van der Waals surface area contributed by atoms with Crippen LogP contribution in [0.25, 0.3) is 0 Å². The number of hydrogen-bond acceptors (Lipinski definition) is 6. The maximum absolute atomic E-state index is 12.2. The van der Waals surface area contributed by atoms with Crippen molar-refractivity contribution in [3.63, 3.8) is 0 Å². The second-order valence-corrected chi connectivity index (χ2v) is 8.70. The van der Waals surface area contributed by atoms with Gasteiger partial charge in [-0.05, 0) is 64.0 Å². The van der Waals surface area contributed by atoms with Gasteiger partial charge in [0.1, 0.15) is 5.82 Å². The lowest BCUT2D eigenvalue weighted by molar-refractivity contribution is -0.108. The van der Waals surface area contributed by atoms with Crippen LogP contribution in [0.4, 0.5) is 11.8 Å². The monoisotopic (exact) mass is 389 g/mol. The molecule has 1 aliphatic heterocycles. The van der Waals surface area contributed by atoms with Crippen molar-refractivity contribution in [2.45, 2.75) is 89.3 Å². The maximum atomic E-state index is 12.2. The zero-order valence-electron chi connectivity index (χ0n) is 17.4. The molecule has 0 bridgehead atoms. The van der Waals surface area contributed by atoms with Crippen molar-refractivity contribution in [3.05, 3.63) is 11.8 Å². The molecule has 1 aromatic heterocycles. The molecule has 28 heavy (non-hydrogen) atoms. The lowest BCUT2D eigenvalue weighted by Crippen LogP contribution is -2.39. The fourth-order valence-corrected chi connectivity index (χ4v) is 4.08. The van der Waals surface area contributed by atoms with Gasteiger partial charge in [0.05, 0.1) is 6.10 Å². The van der Waals surface area contributed by atoms with Gasteiger partial charge in [-0.3, -0.25) is 9.69 Å². The number of anilines is 2. The summed E-state index contributed by atoms with van der Waals surface area (Å²) in [5.41, 5.74) is 1.09. The van der Waals surface area contributed by atoms with E-state index in [4.69, 9.17) is 4.98 Å². The van der Waals surface area contributed by atoms with Crippen LogP contribution in [-0.2, 0) is 10.2 Å². The highest BCUT2D eigenvalue weighted by Crippen LogP contribution is 2.50. The number of nitrogens with zero attached hydrogens (tertiary/aromatic N) is 3. The Kier molecular flexibility index (Phi) is 6.88. The van der Waals surface area contributed by atoms with Gasteiger partial charge in [0.15, 0.2) is 0 Å². The van der Waals surface area contributed by atoms with Gasteiger partial charge in [-0.25, -0.2) is 4.98 Å². The molecule has 2 atom stereocenters. The highest BCUT2D eigenvalue weighted by molar-refractivity contribution is 5.77. The summed E-state index contributed by atoms with van der Waals surface area (Å²) in [6, 6.07) is 0.287. The number of aliphatic hydroxyl groups excluding tert-OH is 1. The van der Waals surface area contributed by atoms with E-state index in [-0.39, 0.29) is 11.5 Å². The Labute approximate surface area is 168 Å². The first-order valence-electron chi connectivity index (χ1n) is 10.7. The number of aliphatic hydroxyl groups is 1. The molecule has 1 aliphatic carbocycles. The zero-order chi connectivity index (χ0) is 20.1. The summed E-state index contributed by atoms with van der Waals surface area (Å²) in [4.78, 5) is 23.3. The third-order valence-corrected chi connectivity index (χ3v) is 6.08. The topological polar surface area (TPSA) is 90.4 Å². The van der Waals surface area contributed by atoms with Crippen molar-refractivity contribution in [2.75, 3.05) is 23.3 Å². The first kappa shape index (κ1) is 21.0. The number of nitrogens with one attached hydrogen (secondary N) is 2. The molecule has 1 saturated carbocycles. The molecular weight excluding hydrogens is 354 g/mol. The van der Waals surface area contributed by atoms with E-state index in [0.29, 0.717) is 24.2 Å². The first-order chi connectivity index (χ1) is 13.5. The molecule has 0 radical (unpaired) electrons. The molecule has 3 rings (SSSR count). The predicted molar refractivity (Wildman–Crippen MR) is 112 cm³/mol. The molecule has 7 nitrogen and oxygen atoms in total. The van der Waals surface area contributed by atoms with Crippen molar-refractivity contribution < 1.29 is 9.90 Å². The summed E-state index contributed by atoms with van der Waals surface area (Å²) < 4.78 is 0. The van der Waals surface area contributed by atoms with E-state index in [1.165, 1.54) is 0 Å². The van der Waals surface area contributed by atoms with E-state index >= 15 is 0 Å². The number of aromatic nitrogens is 2. The minimum atomic E-state index is -0.465. The van der Waals surface area contributed by atoms with E-state index in [0.717, 1.165) is 63.6 Å². The van der Waals surface area contributed by atoms with Crippen LogP contribution >= 0.6 is 0 Å². The molecule has 1 amide bonds. The van der Waals surface area contributed by atoms with Crippen LogP contribution in [0.3, 0.4) is 0 Å². The van der Waals surface area contributed by atoms with Crippen LogP contribution in [-0.4, -0.2) is 52.8 Å². The van der Waals surface area contributed by atoms with Crippen molar-refractivity contribution >= 4 is 18.2 Å². The lowest BCUT2D eigenvalue weighted by atomic mass is 9.98. The second-order valence-electron chi connectivity index (χ2n) is 8.70. The van der Waals surface area contributed by atoms with Gasteiger partial charge >= 0.3 is 0 Å². The molecule has 2 aliphatic rings. The number of rotatable bonds is 10. The normalized spacial score (nSPS) is 21.0. The van der Waals surface area contributed by atoms with E-state index in [2.05, 4.69) is 29.5 Å². The fraction of sp³-hybridized carbons (Fsp3) is 0.762. The molecule has 0 aromatic carbocycles. The fourth-order valence-electron chi connectivity index (χ4n) is 4.08. The molecule has 0 spiro atoms. The van der Waals surface area contributed by atoms with E-state index in [9.17, 15) is 9.90 Å². The van der Waals surface area contributed by atoms with Crippen LogP contribution in [0, 0.1) is 0 Å². The number of carbonyl (C=O) groups is 1. The average Bonchev–Trinajstić information content (AvgIpc) is 3.41. The molecule has 1 saturated heterocycles. The van der Waals surface area contributed by atoms with Crippen LogP contribution in [0.1, 0.15) is 71.3 Å². The highest BCUT2D eigenvalue weighted by Gasteiger charge is 2.43. The summed E-state index contributed by atoms with van der Waals surface area (Å²) in [5.74, 6) is 1.30. The van der Waals surface area contributed by atoms with Crippen molar-refractivity contribution in [1.82, 2.24) is 15.3 Å². The Bertz CT molecular complexity index is 656. The molecule has 2 fully saturated rings. The van der Waals surface area contributed by atoms with Gasteiger partial charge in [-0.2, -0.15) is 4.98 Å². The largest absolute Gasteiger partial charge is 0.393 e. The highest BCUT2D eigenvalue weighted by atomic mass is 16.3. The van der Waals surface area contributed by atoms with Gasteiger partial charge in [-0.15, -0.1) is 0 Å². The maximum Gasteiger partial charge on any atom is 0.224 e. The Morgan fingerprint density at radius 1 is 1.43 bits per heavy atom. The molecule has 2 heterocycles. The lowest BCUT2D eigenvalue weighted by Gasteiger charge is -2.31. The van der Waals surface area contributed by atoms with Crippen LogP contribution in [0.2, 0.25) is 0 Å². The minimum absolute atomic E-state index is 0.0471. The number of carbonyl (C=O) groups excluding carboxylic acids is 1. The van der Waals surface area contributed by atoms with Crippen LogP contribution < -0.4 is 15.5 Å². The van der Waals surface area contributed by atoms with Gasteiger partial charge in [-0.1, -0.05) is 20.3 Å². The van der Waals surface area contributed by atoms with Crippen molar-refractivity contribution in [3.8, 4) is 0 Å². The smallest absolute Gasteiger partial charge is 0.224 e. The van der Waals surface area contributed by atoms with Gasteiger partial charge in [0.25, 0.3) is 0 Å². The second kappa shape index (κ2) is 9.18. The predicted octanol–water partition coefficient (Wildman–Crippen LogP) is 2.59. The molecule has 1 aromatic rings.